The van der Waals surface area contributed by atoms with Gasteiger partial charge in [0.25, 0.3) is 0 Å². The maximum absolute atomic E-state index is 11.5. The third-order valence-corrected chi connectivity index (χ3v) is 2.54. The van der Waals surface area contributed by atoms with Crippen molar-refractivity contribution in [2.75, 3.05) is 26.7 Å². The minimum absolute atomic E-state index is 0.0931. The Morgan fingerprint density at radius 3 is 2.59 bits per heavy atom. The fourth-order valence-corrected chi connectivity index (χ4v) is 1.52. The van der Waals surface area contributed by atoms with Crippen molar-refractivity contribution < 1.29 is 4.79 Å². The first-order valence-electron chi connectivity index (χ1n) is 6.15. The van der Waals surface area contributed by atoms with E-state index in [4.69, 9.17) is 18.0 Å². The Hall–Kier alpha value is -0.680. The summed E-state index contributed by atoms with van der Waals surface area (Å²) in [5, 5.41) is 2.90. The van der Waals surface area contributed by atoms with E-state index in [0.29, 0.717) is 17.5 Å². The average molecular weight is 259 g/mol. The molecule has 0 unspecified atom stereocenters. The van der Waals surface area contributed by atoms with Gasteiger partial charge in [0.2, 0.25) is 5.91 Å². The number of nitrogens with two attached hydrogens (primary N) is 1. The van der Waals surface area contributed by atoms with E-state index in [-0.39, 0.29) is 5.91 Å². The smallest absolute Gasteiger partial charge is 0.234 e. The third kappa shape index (κ3) is 11.6. The van der Waals surface area contributed by atoms with Crippen LogP contribution in [0.3, 0.4) is 0 Å². The average Bonchev–Trinajstić information content (AvgIpc) is 2.21. The molecule has 0 saturated carbocycles. The summed E-state index contributed by atoms with van der Waals surface area (Å²) < 4.78 is 0. The molecule has 0 atom stereocenters. The number of rotatable bonds is 9. The minimum atomic E-state index is 0.0931. The van der Waals surface area contributed by atoms with Gasteiger partial charge in [-0.1, -0.05) is 26.1 Å². The van der Waals surface area contributed by atoms with E-state index in [1.54, 1.807) is 0 Å². The van der Waals surface area contributed by atoms with E-state index in [1.807, 2.05) is 11.9 Å². The summed E-state index contributed by atoms with van der Waals surface area (Å²) in [6.45, 7) is 6.27. The first-order valence-corrected chi connectivity index (χ1v) is 6.56. The molecule has 0 aromatic carbocycles. The molecule has 0 aliphatic heterocycles. The highest BCUT2D eigenvalue weighted by atomic mass is 32.1. The number of hydrogen-bond donors (Lipinski definition) is 2. The van der Waals surface area contributed by atoms with Crippen LogP contribution < -0.4 is 11.1 Å². The van der Waals surface area contributed by atoms with Crippen LogP contribution in [0.4, 0.5) is 0 Å². The molecule has 0 saturated heterocycles. The van der Waals surface area contributed by atoms with Gasteiger partial charge in [-0.05, 0) is 38.8 Å². The number of nitrogens with one attached hydrogen (secondary N) is 1. The number of amides is 1. The number of hydrogen-bond acceptors (Lipinski definition) is 3. The zero-order chi connectivity index (χ0) is 13.3. The van der Waals surface area contributed by atoms with Crippen molar-refractivity contribution in [3.8, 4) is 0 Å². The summed E-state index contributed by atoms with van der Waals surface area (Å²) in [6.07, 6.45) is 2.81. The maximum Gasteiger partial charge on any atom is 0.234 e. The SMILES string of the molecule is CC(C)CNC(=O)CN(C)CCCCC(N)=S. The van der Waals surface area contributed by atoms with E-state index in [0.717, 1.165) is 32.4 Å². The Balaban J connectivity index is 3.53. The standard InChI is InChI=1S/C12H25N3OS/c1-10(2)8-14-12(16)9-15(3)7-5-4-6-11(13)17/h10H,4-9H2,1-3H3,(H2,13,17)(H,14,16). The predicted molar refractivity (Wildman–Crippen MR) is 76.0 cm³/mol. The highest BCUT2D eigenvalue weighted by Crippen LogP contribution is 1.97. The van der Waals surface area contributed by atoms with Crippen LogP contribution in [0.1, 0.15) is 33.1 Å². The number of thiocarbonyl (C=S) groups is 1. The Kier molecular flexibility index (Phi) is 8.99. The zero-order valence-electron chi connectivity index (χ0n) is 11.2. The molecule has 0 aromatic rings. The van der Waals surface area contributed by atoms with Gasteiger partial charge in [0.15, 0.2) is 0 Å². The van der Waals surface area contributed by atoms with E-state index >= 15 is 0 Å². The van der Waals surface area contributed by atoms with Gasteiger partial charge in [0, 0.05) is 6.54 Å². The largest absolute Gasteiger partial charge is 0.393 e. The Labute approximate surface area is 110 Å². The summed E-state index contributed by atoms with van der Waals surface area (Å²) in [6, 6.07) is 0. The summed E-state index contributed by atoms with van der Waals surface area (Å²) in [4.78, 5) is 14.1. The number of carbonyl (C=O) groups excluding carboxylic acids is 1. The highest BCUT2D eigenvalue weighted by Gasteiger charge is 2.06. The Morgan fingerprint density at radius 2 is 2.06 bits per heavy atom. The predicted octanol–water partition coefficient (Wildman–Crippen LogP) is 1.15. The third-order valence-electron chi connectivity index (χ3n) is 2.33. The normalized spacial score (nSPS) is 10.9. The van der Waals surface area contributed by atoms with Crippen molar-refractivity contribution in [1.29, 1.82) is 0 Å². The van der Waals surface area contributed by atoms with Crippen molar-refractivity contribution >= 4 is 23.1 Å². The van der Waals surface area contributed by atoms with Gasteiger partial charge in [0.05, 0.1) is 11.5 Å². The van der Waals surface area contributed by atoms with Crippen molar-refractivity contribution in [3.63, 3.8) is 0 Å². The molecule has 0 spiro atoms. The molecule has 4 nitrogen and oxygen atoms in total. The van der Waals surface area contributed by atoms with Crippen LogP contribution >= 0.6 is 12.2 Å². The number of carbonyl (C=O) groups is 1. The topological polar surface area (TPSA) is 58.4 Å². The Bertz CT molecular complexity index is 244. The molecule has 3 N–H and O–H groups in total. The van der Waals surface area contributed by atoms with Crippen LogP contribution in [0.25, 0.3) is 0 Å². The van der Waals surface area contributed by atoms with Gasteiger partial charge in [0.1, 0.15) is 0 Å². The van der Waals surface area contributed by atoms with Gasteiger partial charge in [-0.2, -0.15) is 0 Å². The van der Waals surface area contributed by atoms with Crippen LogP contribution in [-0.4, -0.2) is 42.5 Å². The number of likely N-dealkylation sites (N-methyl/N-ethyl adjacent to an activating group) is 1. The number of unbranched alkanes of at least 4 members (excludes halogenated alkanes) is 1. The monoisotopic (exact) mass is 259 g/mol. The molecule has 0 rings (SSSR count). The fourth-order valence-electron chi connectivity index (χ4n) is 1.38. The minimum Gasteiger partial charge on any atom is -0.393 e. The summed E-state index contributed by atoms with van der Waals surface area (Å²) >= 11 is 4.80. The van der Waals surface area contributed by atoms with Crippen LogP contribution in [-0.2, 0) is 4.79 Å². The van der Waals surface area contributed by atoms with Gasteiger partial charge in [-0.25, -0.2) is 0 Å². The van der Waals surface area contributed by atoms with Crippen LogP contribution in [0, 0.1) is 5.92 Å². The Morgan fingerprint density at radius 1 is 1.41 bits per heavy atom. The van der Waals surface area contributed by atoms with Crippen molar-refractivity contribution in [2.24, 2.45) is 11.7 Å². The molecular weight excluding hydrogens is 234 g/mol. The van der Waals surface area contributed by atoms with Gasteiger partial charge >= 0.3 is 0 Å². The molecule has 100 valence electrons. The lowest BCUT2D eigenvalue weighted by Gasteiger charge is -2.16. The fraction of sp³-hybridized carbons (Fsp3) is 0.833. The molecule has 0 aliphatic rings. The lowest BCUT2D eigenvalue weighted by Crippen LogP contribution is -2.37. The van der Waals surface area contributed by atoms with Gasteiger partial charge in [-0.3, -0.25) is 9.69 Å². The van der Waals surface area contributed by atoms with Gasteiger partial charge < -0.3 is 11.1 Å². The maximum atomic E-state index is 11.5. The molecular formula is C12H25N3OS. The first kappa shape index (κ1) is 16.3. The second-order valence-electron chi connectivity index (χ2n) is 4.86. The second kappa shape index (κ2) is 9.36. The molecule has 0 radical (unpaired) electrons. The quantitative estimate of drug-likeness (QED) is 0.482. The van der Waals surface area contributed by atoms with E-state index in [2.05, 4.69) is 19.2 Å². The van der Waals surface area contributed by atoms with E-state index < -0.39 is 0 Å². The van der Waals surface area contributed by atoms with Crippen LogP contribution in [0.2, 0.25) is 0 Å². The molecule has 5 heteroatoms. The second-order valence-corrected chi connectivity index (χ2v) is 5.38. The summed E-state index contributed by atoms with van der Waals surface area (Å²) in [5.74, 6) is 0.588. The number of nitrogens with zero attached hydrogens (tertiary/aromatic N) is 1. The summed E-state index contributed by atoms with van der Waals surface area (Å²) in [5.41, 5.74) is 5.41. The zero-order valence-corrected chi connectivity index (χ0v) is 12.0. The van der Waals surface area contributed by atoms with Crippen LogP contribution in [0.15, 0.2) is 0 Å². The highest BCUT2D eigenvalue weighted by molar-refractivity contribution is 7.80. The molecule has 17 heavy (non-hydrogen) atoms. The van der Waals surface area contributed by atoms with Crippen molar-refractivity contribution in [3.05, 3.63) is 0 Å². The molecule has 0 aromatic heterocycles. The van der Waals surface area contributed by atoms with Crippen molar-refractivity contribution in [1.82, 2.24) is 10.2 Å². The molecule has 0 bridgehead atoms. The lowest BCUT2D eigenvalue weighted by atomic mass is 10.2. The molecule has 1 amide bonds. The van der Waals surface area contributed by atoms with Crippen molar-refractivity contribution in [2.45, 2.75) is 33.1 Å². The van der Waals surface area contributed by atoms with Crippen LogP contribution in [0.5, 0.6) is 0 Å². The first-order chi connectivity index (χ1) is 7.91. The molecule has 0 heterocycles. The van der Waals surface area contributed by atoms with E-state index in [9.17, 15) is 4.79 Å². The molecule has 0 fully saturated rings. The van der Waals surface area contributed by atoms with E-state index in [1.165, 1.54) is 0 Å². The van der Waals surface area contributed by atoms with Gasteiger partial charge in [-0.15, -0.1) is 0 Å². The summed E-state index contributed by atoms with van der Waals surface area (Å²) in [7, 11) is 1.95. The lowest BCUT2D eigenvalue weighted by molar-refractivity contribution is -0.122. The molecule has 0 aliphatic carbocycles.